The Morgan fingerprint density at radius 2 is 1.81 bits per heavy atom. The number of nitrogens with one attached hydrogen (secondary N) is 1. The lowest BCUT2D eigenvalue weighted by atomic mass is 9.97. The van der Waals surface area contributed by atoms with E-state index in [4.69, 9.17) is 5.73 Å². The van der Waals surface area contributed by atoms with Crippen LogP contribution in [-0.4, -0.2) is 43.8 Å². The van der Waals surface area contributed by atoms with Crippen molar-refractivity contribution in [2.45, 2.75) is 56.9 Å². The molecule has 1 fully saturated rings. The summed E-state index contributed by atoms with van der Waals surface area (Å²) in [6, 6.07) is 4.84. The van der Waals surface area contributed by atoms with Crippen LogP contribution in [0.3, 0.4) is 0 Å². The molecule has 1 aliphatic rings. The predicted octanol–water partition coefficient (Wildman–Crippen LogP) is 2.45. The minimum Gasteiger partial charge on any atom is -0.345 e. The molecule has 0 saturated heterocycles. The van der Waals surface area contributed by atoms with Crippen molar-refractivity contribution in [3.8, 4) is 0 Å². The number of hydrogen-bond acceptors (Lipinski definition) is 4. The maximum absolute atomic E-state index is 12.8. The molecule has 1 aromatic carbocycles. The summed E-state index contributed by atoms with van der Waals surface area (Å²) < 4.78 is 27.1. The number of sulfonamides is 1. The second-order valence-electron chi connectivity index (χ2n) is 6.72. The Morgan fingerprint density at radius 3 is 2.31 bits per heavy atom. The van der Waals surface area contributed by atoms with Crippen LogP contribution >= 0.6 is 12.4 Å². The predicted molar refractivity (Wildman–Crippen MR) is 106 cm³/mol. The summed E-state index contributed by atoms with van der Waals surface area (Å²) in [4.78, 5) is 12.9. The van der Waals surface area contributed by atoms with E-state index in [9.17, 15) is 13.2 Å². The Hall–Kier alpha value is -1.15. The first kappa shape index (κ1) is 22.9. The molecule has 1 aliphatic carbocycles. The maximum atomic E-state index is 12.8. The van der Waals surface area contributed by atoms with Crippen molar-refractivity contribution < 1.29 is 13.2 Å². The molecule has 0 spiro atoms. The number of hydrogen-bond donors (Lipinski definition) is 2. The molecule has 0 atom stereocenters. The van der Waals surface area contributed by atoms with Gasteiger partial charge in [-0.3, -0.25) is 4.79 Å². The number of nitrogens with two attached hydrogens (primary N) is 1. The molecule has 0 aliphatic heterocycles. The number of aryl methyl sites for hydroxylation is 1. The van der Waals surface area contributed by atoms with Gasteiger partial charge in [-0.25, -0.2) is 8.42 Å². The average molecular weight is 404 g/mol. The van der Waals surface area contributed by atoms with Gasteiger partial charge in [-0.1, -0.05) is 32.8 Å². The van der Waals surface area contributed by atoms with Crippen molar-refractivity contribution >= 4 is 28.3 Å². The first-order valence-corrected chi connectivity index (χ1v) is 10.4. The van der Waals surface area contributed by atoms with E-state index >= 15 is 0 Å². The van der Waals surface area contributed by atoms with E-state index < -0.39 is 10.0 Å². The van der Waals surface area contributed by atoms with Crippen LogP contribution in [0, 0.1) is 6.92 Å². The summed E-state index contributed by atoms with van der Waals surface area (Å²) in [5.41, 5.74) is 6.51. The Morgan fingerprint density at radius 1 is 1.23 bits per heavy atom. The summed E-state index contributed by atoms with van der Waals surface area (Å²) in [6.07, 6.45) is 3.83. The van der Waals surface area contributed by atoms with Crippen LogP contribution < -0.4 is 11.1 Å². The van der Waals surface area contributed by atoms with Crippen LogP contribution in [0.25, 0.3) is 0 Å². The molecular formula is C18H30ClN3O3S. The molecule has 0 heterocycles. The summed E-state index contributed by atoms with van der Waals surface area (Å²) >= 11 is 0. The van der Waals surface area contributed by atoms with Gasteiger partial charge in [0.05, 0.1) is 10.4 Å². The van der Waals surface area contributed by atoms with Crippen molar-refractivity contribution in [1.29, 1.82) is 0 Å². The molecule has 0 unspecified atom stereocenters. The third-order valence-electron chi connectivity index (χ3n) is 5.10. The van der Waals surface area contributed by atoms with Gasteiger partial charge in [-0.2, -0.15) is 4.31 Å². The molecule has 1 aromatic rings. The molecule has 6 nitrogen and oxygen atoms in total. The van der Waals surface area contributed by atoms with E-state index in [0.29, 0.717) is 30.8 Å². The van der Waals surface area contributed by atoms with Crippen LogP contribution in [0.4, 0.5) is 0 Å². The number of halogens is 1. The van der Waals surface area contributed by atoms with E-state index in [1.165, 1.54) is 10.4 Å². The van der Waals surface area contributed by atoms with Crippen molar-refractivity contribution in [3.63, 3.8) is 0 Å². The van der Waals surface area contributed by atoms with Gasteiger partial charge in [-0.05, 0) is 37.5 Å². The Balaban J connectivity index is 0.00000338. The van der Waals surface area contributed by atoms with Gasteiger partial charge < -0.3 is 11.1 Å². The van der Waals surface area contributed by atoms with Gasteiger partial charge in [-0.15, -0.1) is 12.4 Å². The smallest absolute Gasteiger partial charge is 0.251 e. The summed E-state index contributed by atoms with van der Waals surface area (Å²) in [5, 5.41) is 3.04. The highest BCUT2D eigenvalue weighted by Crippen LogP contribution is 2.29. The van der Waals surface area contributed by atoms with Crippen molar-refractivity contribution in [3.05, 3.63) is 29.3 Å². The fourth-order valence-electron chi connectivity index (χ4n) is 3.47. The lowest BCUT2D eigenvalue weighted by Crippen LogP contribution is -2.51. The largest absolute Gasteiger partial charge is 0.345 e. The molecule has 1 amide bonds. The first-order valence-electron chi connectivity index (χ1n) is 8.93. The number of carbonyl (C=O) groups is 1. The highest BCUT2D eigenvalue weighted by Gasteiger charge is 2.34. The minimum absolute atomic E-state index is 0. The molecule has 148 valence electrons. The van der Waals surface area contributed by atoms with E-state index in [2.05, 4.69) is 5.32 Å². The van der Waals surface area contributed by atoms with Gasteiger partial charge in [0.1, 0.15) is 0 Å². The molecule has 3 N–H and O–H groups in total. The highest BCUT2D eigenvalue weighted by molar-refractivity contribution is 7.89. The second-order valence-corrected chi connectivity index (χ2v) is 8.62. The van der Waals surface area contributed by atoms with Gasteiger partial charge in [0, 0.05) is 25.2 Å². The Bertz CT molecular complexity index is 727. The third kappa shape index (κ3) is 4.57. The lowest BCUT2D eigenvalue weighted by molar-refractivity contribution is 0.0903. The average Bonchev–Trinajstić information content (AvgIpc) is 3.04. The van der Waals surface area contributed by atoms with Gasteiger partial charge in [0.2, 0.25) is 10.0 Å². The van der Waals surface area contributed by atoms with E-state index in [1.54, 1.807) is 32.9 Å². The standard InChI is InChI=1S/C18H29N3O3S.ClH/c1-4-21(5-2)25(23,24)16-12-15(9-8-14(16)3)17(22)20-18(13-19)10-6-7-11-18;/h8-9,12H,4-7,10-11,13,19H2,1-3H3,(H,20,22);1H. The number of amides is 1. The minimum atomic E-state index is -3.61. The first-order chi connectivity index (χ1) is 11.8. The van der Waals surface area contributed by atoms with Crippen molar-refractivity contribution in [1.82, 2.24) is 9.62 Å². The van der Waals surface area contributed by atoms with Gasteiger partial charge in [0.15, 0.2) is 0 Å². The zero-order valence-electron chi connectivity index (χ0n) is 15.7. The van der Waals surface area contributed by atoms with Crippen LogP contribution in [0.1, 0.15) is 55.5 Å². The highest BCUT2D eigenvalue weighted by atomic mass is 35.5. The summed E-state index contributed by atoms with van der Waals surface area (Å²) in [5.74, 6) is -0.261. The molecule has 0 radical (unpaired) electrons. The lowest BCUT2D eigenvalue weighted by Gasteiger charge is -2.29. The molecule has 26 heavy (non-hydrogen) atoms. The van der Waals surface area contributed by atoms with Crippen LogP contribution in [0.2, 0.25) is 0 Å². The fraction of sp³-hybridized carbons (Fsp3) is 0.611. The number of carbonyl (C=O) groups excluding carboxylic acids is 1. The maximum Gasteiger partial charge on any atom is 0.251 e. The summed E-state index contributed by atoms with van der Waals surface area (Å²) in [7, 11) is -3.61. The topological polar surface area (TPSA) is 92.5 Å². The monoisotopic (exact) mass is 403 g/mol. The summed E-state index contributed by atoms with van der Waals surface area (Å²) in [6.45, 7) is 6.54. The van der Waals surface area contributed by atoms with Crippen molar-refractivity contribution in [2.24, 2.45) is 5.73 Å². The van der Waals surface area contributed by atoms with E-state index in [1.807, 2.05) is 0 Å². The quantitative estimate of drug-likeness (QED) is 0.731. The Kier molecular flexibility index (Phi) is 8.07. The molecule has 2 rings (SSSR count). The SMILES string of the molecule is CCN(CC)S(=O)(=O)c1cc(C(=O)NC2(CN)CCCC2)ccc1C.Cl. The third-order valence-corrected chi connectivity index (χ3v) is 7.30. The Labute approximate surface area is 163 Å². The van der Waals surface area contributed by atoms with E-state index in [0.717, 1.165) is 25.7 Å². The molecule has 0 aromatic heterocycles. The van der Waals surface area contributed by atoms with Crippen LogP contribution in [0.15, 0.2) is 23.1 Å². The fourth-order valence-corrected chi connectivity index (χ4v) is 5.18. The molecular weight excluding hydrogens is 374 g/mol. The molecule has 8 heteroatoms. The normalized spacial score (nSPS) is 16.3. The second kappa shape index (κ2) is 9.17. The molecule has 0 bridgehead atoms. The molecule has 1 saturated carbocycles. The number of rotatable bonds is 7. The van der Waals surface area contributed by atoms with Crippen LogP contribution in [0.5, 0.6) is 0 Å². The van der Waals surface area contributed by atoms with Gasteiger partial charge in [0.25, 0.3) is 5.91 Å². The van der Waals surface area contributed by atoms with E-state index in [-0.39, 0.29) is 28.7 Å². The number of nitrogens with zero attached hydrogens (tertiary/aromatic N) is 1. The van der Waals surface area contributed by atoms with Crippen LogP contribution in [-0.2, 0) is 10.0 Å². The van der Waals surface area contributed by atoms with Crippen molar-refractivity contribution in [2.75, 3.05) is 19.6 Å². The zero-order valence-corrected chi connectivity index (χ0v) is 17.4. The number of benzene rings is 1. The zero-order chi connectivity index (χ0) is 18.7. The van der Waals surface area contributed by atoms with Gasteiger partial charge >= 0.3 is 0 Å².